The van der Waals surface area contributed by atoms with Gasteiger partial charge in [0.2, 0.25) is 0 Å². The average molecular weight is 519 g/mol. The molecule has 3 fully saturated rings. The van der Waals surface area contributed by atoms with Crippen molar-refractivity contribution < 1.29 is 9.53 Å². The van der Waals surface area contributed by atoms with Crippen molar-refractivity contribution in [2.45, 2.75) is 118 Å². The number of carbonyl (C=O) groups is 1. The van der Waals surface area contributed by atoms with Crippen LogP contribution in [0.4, 0.5) is 0 Å². The van der Waals surface area contributed by atoms with Crippen molar-refractivity contribution in [3.8, 4) is 0 Å². The zero-order chi connectivity index (χ0) is 27.1. The summed E-state index contributed by atoms with van der Waals surface area (Å²) in [6.07, 6.45) is 16.9. The largest absolute Gasteiger partial charge is 0.458 e. The molecule has 1 aromatic rings. The summed E-state index contributed by atoms with van der Waals surface area (Å²) >= 11 is 0. The quantitative estimate of drug-likeness (QED) is 0.253. The second-order valence-corrected chi connectivity index (χ2v) is 14.6. The van der Waals surface area contributed by atoms with Crippen LogP contribution in [0.5, 0.6) is 0 Å². The SMILES string of the molecule is CC[C@H](CC[C@@H](C)[C@@H]1CC[C@H]2[C@H]3CC=C4C[C@@H](OC(=O)c5ccccc5)CC[C@]4(C)[C@@H]3CC[C@@]21C)C(C)C. The van der Waals surface area contributed by atoms with Crippen LogP contribution >= 0.6 is 0 Å². The number of carbonyl (C=O) groups excluding carboxylic acids is 1. The fraction of sp³-hybridized carbons (Fsp3) is 0.750. The lowest BCUT2D eigenvalue weighted by Crippen LogP contribution is -2.51. The van der Waals surface area contributed by atoms with E-state index in [1.165, 1.54) is 57.8 Å². The molecule has 0 unspecified atom stereocenters. The maximum absolute atomic E-state index is 12.7. The molecule has 0 amide bonds. The van der Waals surface area contributed by atoms with E-state index >= 15 is 0 Å². The number of ether oxygens (including phenoxy) is 1. The zero-order valence-electron chi connectivity index (χ0n) is 25.2. The van der Waals surface area contributed by atoms with Crippen molar-refractivity contribution in [2.75, 3.05) is 0 Å². The van der Waals surface area contributed by atoms with Gasteiger partial charge in [0.05, 0.1) is 5.56 Å². The van der Waals surface area contributed by atoms with E-state index in [1.807, 2.05) is 30.3 Å². The first-order chi connectivity index (χ1) is 18.2. The summed E-state index contributed by atoms with van der Waals surface area (Å²) in [5.74, 6) is 5.86. The predicted octanol–water partition coefficient (Wildman–Crippen LogP) is 9.89. The normalized spacial score (nSPS) is 38.0. The smallest absolute Gasteiger partial charge is 0.338 e. The van der Waals surface area contributed by atoms with Gasteiger partial charge in [0.25, 0.3) is 0 Å². The molecule has 1 aromatic carbocycles. The van der Waals surface area contributed by atoms with Gasteiger partial charge in [0.1, 0.15) is 6.10 Å². The summed E-state index contributed by atoms with van der Waals surface area (Å²) < 4.78 is 6.02. The van der Waals surface area contributed by atoms with Crippen LogP contribution in [0.3, 0.4) is 0 Å². The Hall–Kier alpha value is -1.57. The molecule has 4 aliphatic carbocycles. The lowest BCUT2D eigenvalue weighted by molar-refractivity contribution is -0.0596. The Labute approximate surface area is 233 Å². The lowest BCUT2D eigenvalue weighted by atomic mass is 9.47. The van der Waals surface area contributed by atoms with E-state index in [2.05, 4.69) is 47.6 Å². The first-order valence-corrected chi connectivity index (χ1v) is 16.1. The summed E-state index contributed by atoms with van der Waals surface area (Å²) in [6.45, 7) is 15.1. The highest BCUT2D eigenvalue weighted by atomic mass is 16.5. The van der Waals surface area contributed by atoms with Gasteiger partial charge in [0.15, 0.2) is 0 Å². The molecule has 4 aliphatic rings. The highest BCUT2D eigenvalue weighted by Crippen LogP contribution is 2.67. The molecule has 3 saturated carbocycles. The Morgan fingerprint density at radius 3 is 2.45 bits per heavy atom. The van der Waals surface area contributed by atoms with Crippen LogP contribution in [0, 0.1) is 52.3 Å². The van der Waals surface area contributed by atoms with Crippen LogP contribution < -0.4 is 0 Å². The number of benzene rings is 1. The fourth-order valence-corrected chi connectivity index (χ4v) is 10.2. The molecular formula is C36H54O2. The molecule has 0 aromatic heterocycles. The third-order valence-corrected chi connectivity index (χ3v) is 12.6. The molecule has 0 spiro atoms. The third kappa shape index (κ3) is 5.03. The molecule has 210 valence electrons. The zero-order valence-corrected chi connectivity index (χ0v) is 25.2. The molecule has 2 nitrogen and oxygen atoms in total. The molecule has 0 bridgehead atoms. The van der Waals surface area contributed by atoms with Gasteiger partial charge in [-0.25, -0.2) is 4.79 Å². The molecule has 0 heterocycles. The topological polar surface area (TPSA) is 26.3 Å². The number of fused-ring (bicyclic) bond motifs is 5. The van der Waals surface area contributed by atoms with Gasteiger partial charge in [-0.3, -0.25) is 0 Å². The first-order valence-electron chi connectivity index (χ1n) is 16.1. The van der Waals surface area contributed by atoms with Crippen molar-refractivity contribution in [2.24, 2.45) is 52.3 Å². The van der Waals surface area contributed by atoms with Crippen LogP contribution in [0.15, 0.2) is 42.0 Å². The molecule has 0 N–H and O–H groups in total. The summed E-state index contributed by atoms with van der Waals surface area (Å²) in [7, 11) is 0. The Balaban J connectivity index is 1.25. The number of hydrogen-bond acceptors (Lipinski definition) is 2. The minimum absolute atomic E-state index is 0.0296. The highest BCUT2D eigenvalue weighted by molar-refractivity contribution is 5.89. The molecule has 38 heavy (non-hydrogen) atoms. The van der Waals surface area contributed by atoms with Crippen molar-refractivity contribution in [1.82, 2.24) is 0 Å². The van der Waals surface area contributed by atoms with Gasteiger partial charge in [-0.15, -0.1) is 0 Å². The summed E-state index contributed by atoms with van der Waals surface area (Å²) in [5, 5.41) is 0. The van der Waals surface area contributed by atoms with Crippen molar-refractivity contribution in [3.63, 3.8) is 0 Å². The molecule has 2 heteroatoms. The van der Waals surface area contributed by atoms with Gasteiger partial charge in [-0.05, 0) is 116 Å². The lowest BCUT2D eigenvalue weighted by Gasteiger charge is -2.58. The van der Waals surface area contributed by atoms with Crippen molar-refractivity contribution in [1.29, 1.82) is 0 Å². The van der Waals surface area contributed by atoms with Crippen LogP contribution in [0.2, 0.25) is 0 Å². The molecular weight excluding hydrogens is 464 g/mol. The maximum Gasteiger partial charge on any atom is 0.338 e. The average Bonchev–Trinajstić information content (AvgIpc) is 3.26. The number of allylic oxidation sites excluding steroid dienone is 1. The van der Waals surface area contributed by atoms with Gasteiger partial charge < -0.3 is 4.74 Å². The number of hydrogen-bond donors (Lipinski definition) is 0. The van der Waals surface area contributed by atoms with Crippen LogP contribution in [0.25, 0.3) is 0 Å². The van der Waals surface area contributed by atoms with Crippen LogP contribution in [-0.4, -0.2) is 12.1 Å². The monoisotopic (exact) mass is 518 g/mol. The second kappa shape index (κ2) is 11.1. The maximum atomic E-state index is 12.7. The highest BCUT2D eigenvalue weighted by Gasteiger charge is 2.59. The van der Waals surface area contributed by atoms with E-state index < -0.39 is 0 Å². The molecule has 0 radical (unpaired) electrons. The van der Waals surface area contributed by atoms with E-state index in [4.69, 9.17) is 4.74 Å². The fourth-order valence-electron chi connectivity index (χ4n) is 10.2. The van der Waals surface area contributed by atoms with E-state index in [1.54, 1.807) is 5.57 Å². The van der Waals surface area contributed by atoms with E-state index in [0.717, 1.165) is 54.3 Å². The van der Waals surface area contributed by atoms with Gasteiger partial charge in [0, 0.05) is 6.42 Å². The van der Waals surface area contributed by atoms with E-state index in [-0.39, 0.29) is 12.1 Å². The Bertz CT molecular complexity index is 994. The summed E-state index contributed by atoms with van der Waals surface area (Å²) in [5.41, 5.74) is 3.10. The molecule has 0 saturated heterocycles. The van der Waals surface area contributed by atoms with Crippen molar-refractivity contribution in [3.05, 3.63) is 47.5 Å². The van der Waals surface area contributed by atoms with Crippen LogP contribution in [-0.2, 0) is 4.74 Å². The van der Waals surface area contributed by atoms with Gasteiger partial charge in [-0.1, -0.05) is 84.2 Å². The van der Waals surface area contributed by atoms with E-state index in [9.17, 15) is 4.79 Å². The van der Waals surface area contributed by atoms with Gasteiger partial charge in [-0.2, -0.15) is 0 Å². The first kappa shape index (κ1) is 28.0. The Morgan fingerprint density at radius 2 is 1.74 bits per heavy atom. The third-order valence-electron chi connectivity index (χ3n) is 12.6. The summed E-state index contributed by atoms with van der Waals surface area (Å²) in [6, 6.07) is 9.50. The standard InChI is InChI=1S/C36H54O2/c1-7-26(24(2)3)14-13-25(4)31-17-18-32-30-16-15-28-23-29(38-34(37)27-11-9-8-10-12-27)19-21-35(28,5)33(30)20-22-36(31,32)6/h8-12,15,24-26,29-33H,7,13-14,16-23H2,1-6H3/t25-,26-,29+,30-,31+,32+,33-,35+,36-/m1/s1. The molecule has 9 atom stereocenters. The van der Waals surface area contributed by atoms with Crippen molar-refractivity contribution >= 4 is 5.97 Å². The predicted molar refractivity (Wildman–Crippen MR) is 158 cm³/mol. The van der Waals surface area contributed by atoms with Gasteiger partial charge >= 0.3 is 5.97 Å². The van der Waals surface area contributed by atoms with E-state index in [0.29, 0.717) is 16.4 Å². The summed E-state index contributed by atoms with van der Waals surface area (Å²) in [4.78, 5) is 12.7. The number of esters is 1. The van der Waals surface area contributed by atoms with Crippen LogP contribution in [0.1, 0.15) is 123 Å². The minimum Gasteiger partial charge on any atom is -0.458 e. The second-order valence-electron chi connectivity index (χ2n) is 14.6. The minimum atomic E-state index is -0.160. The Morgan fingerprint density at radius 1 is 0.974 bits per heavy atom. The Kier molecular flexibility index (Phi) is 8.19. The molecule has 0 aliphatic heterocycles. The number of rotatable bonds is 8. The molecule has 5 rings (SSSR count).